The van der Waals surface area contributed by atoms with Gasteiger partial charge in [-0.25, -0.2) is 4.98 Å². The third kappa shape index (κ3) is 4.61. The van der Waals surface area contributed by atoms with Gasteiger partial charge in [-0.15, -0.1) is 10.2 Å². The fourth-order valence-corrected chi connectivity index (χ4v) is 3.22. The van der Waals surface area contributed by atoms with Crippen LogP contribution in [0, 0.1) is 6.92 Å². The Morgan fingerprint density at radius 1 is 1.17 bits per heavy atom. The van der Waals surface area contributed by atoms with E-state index in [-0.39, 0.29) is 12.6 Å². The molecule has 0 fully saturated rings. The number of esters is 1. The van der Waals surface area contributed by atoms with Crippen LogP contribution in [0.5, 0.6) is 11.5 Å². The molecule has 0 atom stereocenters. The number of anilines is 1. The molecular weight excluding hydrogens is 386 g/mol. The van der Waals surface area contributed by atoms with E-state index in [1.54, 1.807) is 20.3 Å². The number of carbonyl (C=O) groups excluding carboxylic acids is 1. The summed E-state index contributed by atoms with van der Waals surface area (Å²) in [5.41, 5.74) is 2.24. The lowest BCUT2D eigenvalue weighted by molar-refractivity contribution is -0.142. The van der Waals surface area contributed by atoms with E-state index in [4.69, 9.17) is 19.2 Å². The van der Waals surface area contributed by atoms with E-state index < -0.39 is 0 Å². The molecule has 0 radical (unpaired) electrons. The van der Waals surface area contributed by atoms with Crippen LogP contribution in [0.25, 0.3) is 16.7 Å². The maximum atomic E-state index is 11.5. The highest BCUT2D eigenvalue weighted by atomic mass is 16.5. The van der Waals surface area contributed by atoms with Crippen molar-refractivity contribution in [3.05, 3.63) is 30.6 Å². The molecule has 0 saturated carbocycles. The highest BCUT2D eigenvalue weighted by Gasteiger charge is 2.16. The van der Waals surface area contributed by atoms with Crippen molar-refractivity contribution in [3.63, 3.8) is 0 Å². The number of hydrogen-bond donors (Lipinski definition) is 1. The fraction of sp³-hybridized carbons (Fsp3) is 0.429. The largest absolute Gasteiger partial charge is 0.493 e. The molecule has 1 aromatic carbocycles. The van der Waals surface area contributed by atoms with Crippen molar-refractivity contribution in [3.8, 4) is 11.5 Å². The summed E-state index contributed by atoms with van der Waals surface area (Å²) < 4.78 is 17.7. The van der Waals surface area contributed by atoms with Gasteiger partial charge in [0.05, 0.1) is 25.3 Å². The lowest BCUT2D eigenvalue weighted by atomic mass is 10.2. The zero-order valence-electron chi connectivity index (χ0n) is 17.6. The van der Waals surface area contributed by atoms with Gasteiger partial charge in [-0.1, -0.05) is 19.1 Å². The molecule has 30 heavy (non-hydrogen) atoms. The molecule has 3 rings (SSSR count). The molecule has 0 spiro atoms. The number of aryl methyl sites for hydroxylation is 1. The van der Waals surface area contributed by atoms with Crippen molar-refractivity contribution in [2.75, 3.05) is 32.7 Å². The Labute approximate surface area is 175 Å². The van der Waals surface area contributed by atoms with Crippen LogP contribution in [-0.4, -0.2) is 52.9 Å². The lowest BCUT2D eigenvalue weighted by Crippen LogP contribution is -2.08. The van der Waals surface area contributed by atoms with Gasteiger partial charge in [-0.2, -0.15) is 0 Å². The van der Waals surface area contributed by atoms with Crippen LogP contribution in [0.2, 0.25) is 0 Å². The summed E-state index contributed by atoms with van der Waals surface area (Å²) in [7, 11) is 3.20. The maximum Gasteiger partial charge on any atom is 0.306 e. The number of rotatable bonds is 11. The lowest BCUT2D eigenvalue weighted by Gasteiger charge is -2.13. The first-order chi connectivity index (χ1) is 14.6. The first-order valence-electron chi connectivity index (χ1n) is 9.87. The van der Waals surface area contributed by atoms with E-state index in [0.717, 1.165) is 36.1 Å². The molecule has 9 heteroatoms. The second-order valence-electron chi connectivity index (χ2n) is 6.77. The molecule has 9 nitrogen and oxygen atoms in total. The van der Waals surface area contributed by atoms with Crippen LogP contribution in [-0.2, 0) is 9.53 Å². The first kappa shape index (κ1) is 21.4. The van der Waals surface area contributed by atoms with Crippen molar-refractivity contribution in [2.24, 2.45) is 0 Å². The zero-order chi connectivity index (χ0) is 21.5. The summed E-state index contributed by atoms with van der Waals surface area (Å²) in [5.74, 6) is 2.45. The smallest absolute Gasteiger partial charge is 0.306 e. The van der Waals surface area contributed by atoms with Gasteiger partial charge in [0.15, 0.2) is 17.3 Å². The number of benzene rings is 1. The summed E-state index contributed by atoms with van der Waals surface area (Å²) in [4.78, 5) is 16.2. The average molecular weight is 413 g/mol. The predicted molar refractivity (Wildman–Crippen MR) is 114 cm³/mol. The van der Waals surface area contributed by atoms with Gasteiger partial charge in [-0.05, 0) is 19.8 Å². The van der Waals surface area contributed by atoms with E-state index in [1.807, 2.05) is 23.5 Å². The summed E-state index contributed by atoms with van der Waals surface area (Å²) >= 11 is 0. The number of methoxy groups -OCH3 is 2. The Morgan fingerprint density at radius 2 is 1.93 bits per heavy atom. The van der Waals surface area contributed by atoms with E-state index in [0.29, 0.717) is 35.9 Å². The normalized spacial score (nSPS) is 10.9. The highest BCUT2D eigenvalue weighted by molar-refractivity contribution is 5.85. The number of fused-ring (bicyclic) bond motifs is 3. The van der Waals surface area contributed by atoms with Crippen molar-refractivity contribution < 1.29 is 19.0 Å². The average Bonchev–Trinajstić information content (AvgIpc) is 3.15. The Bertz CT molecular complexity index is 1050. The van der Waals surface area contributed by atoms with Crippen molar-refractivity contribution >= 4 is 28.5 Å². The SMILES string of the molecule is C=CCOC(=O)CCCCCNc1nc2cc(OC)c(OC)cc2n2c(C)nnc12. The van der Waals surface area contributed by atoms with E-state index in [2.05, 4.69) is 22.1 Å². The third-order valence-corrected chi connectivity index (χ3v) is 4.70. The van der Waals surface area contributed by atoms with Gasteiger partial charge in [0.25, 0.3) is 0 Å². The molecule has 0 amide bonds. The zero-order valence-corrected chi connectivity index (χ0v) is 17.6. The molecule has 3 aromatic rings. The number of nitrogens with one attached hydrogen (secondary N) is 1. The second kappa shape index (κ2) is 9.91. The summed E-state index contributed by atoms with van der Waals surface area (Å²) in [5, 5.41) is 11.8. The minimum atomic E-state index is -0.191. The Hall–Kier alpha value is -3.36. The third-order valence-electron chi connectivity index (χ3n) is 4.70. The molecule has 0 aliphatic rings. The number of carbonyl (C=O) groups is 1. The minimum Gasteiger partial charge on any atom is -0.493 e. The van der Waals surface area contributed by atoms with E-state index in [9.17, 15) is 4.79 Å². The quantitative estimate of drug-likeness (QED) is 0.290. The number of nitrogens with zero attached hydrogens (tertiary/aromatic N) is 4. The molecular formula is C21H27N5O4. The van der Waals surface area contributed by atoms with Crippen LogP contribution in [0.4, 0.5) is 5.82 Å². The van der Waals surface area contributed by atoms with Gasteiger partial charge >= 0.3 is 5.97 Å². The summed E-state index contributed by atoms with van der Waals surface area (Å²) in [6, 6.07) is 3.72. The van der Waals surface area contributed by atoms with Crippen LogP contribution >= 0.6 is 0 Å². The number of ether oxygens (including phenoxy) is 3. The van der Waals surface area contributed by atoms with Crippen molar-refractivity contribution in [2.45, 2.75) is 32.6 Å². The van der Waals surface area contributed by atoms with Crippen molar-refractivity contribution in [1.82, 2.24) is 19.6 Å². The molecule has 2 aromatic heterocycles. The van der Waals surface area contributed by atoms with Gasteiger partial charge < -0.3 is 19.5 Å². The van der Waals surface area contributed by atoms with Crippen LogP contribution in [0.3, 0.4) is 0 Å². The van der Waals surface area contributed by atoms with Crippen molar-refractivity contribution in [1.29, 1.82) is 0 Å². The van der Waals surface area contributed by atoms with Gasteiger partial charge in [0.2, 0.25) is 5.65 Å². The Morgan fingerprint density at radius 3 is 2.67 bits per heavy atom. The van der Waals surface area contributed by atoms with Gasteiger partial charge in [0, 0.05) is 25.1 Å². The van der Waals surface area contributed by atoms with E-state index in [1.165, 1.54) is 0 Å². The van der Waals surface area contributed by atoms with Crippen LogP contribution < -0.4 is 14.8 Å². The van der Waals surface area contributed by atoms with Crippen LogP contribution in [0.15, 0.2) is 24.8 Å². The Balaban J connectivity index is 1.71. The maximum absolute atomic E-state index is 11.5. The Kier molecular flexibility index (Phi) is 7.05. The standard InChI is InChI=1S/C21H27N5O4/c1-5-11-30-19(27)9-7-6-8-10-22-20-21-25-24-14(2)26(21)16-13-18(29-4)17(28-3)12-15(16)23-20/h5,12-13H,1,6-11H2,2-4H3,(H,22,23). The fourth-order valence-electron chi connectivity index (χ4n) is 3.22. The molecule has 1 N–H and O–H groups in total. The second-order valence-corrected chi connectivity index (χ2v) is 6.77. The number of aromatic nitrogens is 4. The molecule has 0 aliphatic heterocycles. The summed E-state index contributed by atoms with van der Waals surface area (Å²) in [6.45, 7) is 6.39. The molecule has 2 heterocycles. The predicted octanol–water partition coefficient (Wildman–Crippen LogP) is 3.30. The van der Waals surface area contributed by atoms with Gasteiger partial charge in [0.1, 0.15) is 12.4 Å². The van der Waals surface area contributed by atoms with E-state index >= 15 is 0 Å². The molecule has 0 aliphatic carbocycles. The number of hydrogen-bond acceptors (Lipinski definition) is 8. The van der Waals surface area contributed by atoms with Crippen LogP contribution in [0.1, 0.15) is 31.5 Å². The molecule has 0 bridgehead atoms. The molecule has 0 unspecified atom stereocenters. The minimum absolute atomic E-state index is 0.191. The molecule has 0 saturated heterocycles. The monoisotopic (exact) mass is 413 g/mol. The summed E-state index contributed by atoms with van der Waals surface area (Å²) in [6.07, 6.45) is 4.55. The molecule has 160 valence electrons. The number of unbranched alkanes of at least 4 members (excludes halogenated alkanes) is 2. The first-order valence-corrected chi connectivity index (χ1v) is 9.87. The highest BCUT2D eigenvalue weighted by Crippen LogP contribution is 2.33. The topological polar surface area (TPSA) is 99.9 Å². The van der Waals surface area contributed by atoms with Gasteiger partial charge in [-0.3, -0.25) is 9.20 Å².